The van der Waals surface area contributed by atoms with Gasteiger partial charge in [-0.3, -0.25) is 4.98 Å². The number of carboxylic acid groups (broad SMARTS) is 1. The zero-order valence-electron chi connectivity index (χ0n) is 6.67. The summed E-state index contributed by atoms with van der Waals surface area (Å²) in [6.45, 7) is 0. The monoisotopic (exact) mass is 266 g/mol. The summed E-state index contributed by atoms with van der Waals surface area (Å²) >= 11 is 2.90. The van der Waals surface area contributed by atoms with Gasteiger partial charge in [-0.05, 0) is 15.9 Å². The average molecular weight is 267 g/mol. The summed E-state index contributed by atoms with van der Waals surface area (Å²) in [6, 6.07) is 0. The van der Waals surface area contributed by atoms with E-state index in [1.54, 1.807) is 0 Å². The number of nitrogens with two attached hydrogens (primary N) is 1. The van der Waals surface area contributed by atoms with Crippen molar-refractivity contribution >= 4 is 27.6 Å². The highest BCUT2D eigenvalue weighted by molar-refractivity contribution is 9.10. The molecule has 0 aliphatic rings. The zero-order valence-corrected chi connectivity index (χ0v) is 8.25. The van der Waals surface area contributed by atoms with Gasteiger partial charge < -0.3 is 10.8 Å². The number of alkyl halides is 2. The van der Waals surface area contributed by atoms with Gasteiger partial charge in [-0.2, -0.15) is 0 Å². The molecule has 0 aliphatic heterocycles. The molecule has 0 aromatic carbocycles. The fourth-order valence-electron chi connectivity index (χ4n) is 0.908. The molecule has 0 saturated heterocycles. The van der Waals surface area contributed by atoms with Crippen LogP contribution in [0, 0.1) is 0 Å². The van der Waals surface area contributed by atoms with Crippen molar-refractivity contribution < 1.29 is 18.7 Å². The summed E-state index contributed by atoms with van der Waals surface area (Å²) in [5, 5.41) is 8.65. The number of aromatic carboxylic acids is 1. The number of carbonyl (C=O) groups is 1. The van der Waals surface area contributed by atoms with E-state index < -0.39 is 23.7 Å². The van der Waals surface area contributed by atoms with E-state index in [1.165, 1.54) is 0 Å². The smallest absolute Gasteiger partial charge is 0.339 e. The van der Waals surface area contributed by atoms with Crippen LogP contribution in [0.2, 0.25) is 0 Å². The van der Waals surface area contributed by atoms with Gasteiger partial charge in [0.15, 0.2) is 0 Å². The minimum Gasteiger partial charge on any atom is -0.478 e. The molecule has 1 heterocycles. The molecule has 1 rings (SSSR count). The molecule has 0 aliphatic carbocycles. The first-order valence-corrected chi connectivity index (χ1v) is 4.19. The normalized spacial score (nSPS) is 10.6. The van der Waals surface area contributed by atoms with Crippen molar-refractivity contribution in [1.82, 2.24) is 4.98 Å². The van der Waals surface area contributed by atoms with E-state index in [0.717, 1.165) is 6.20 Å². The number of rotatable bonds is 2. The number of nitrogen functional groups attached to an aromatic ring is 1. The highest BCUT2D eigenvalue weighted by atomic mass is 79.9. The van der Waals surface area contributed by atoms with Gasteiger partial charge in [0.05, 0.1) is 10.2 Å². The quantitative estimate of drug-likeness (QED) is 0.859. The van der Waals surface area contributed by atoms with E-state index in [0.29, 0.717) is 0 Å². The molecular weight excluding hydrogens is 262 g/mol. The average Bonchev–Trinajstić information content (AvgIpc) is 2.08. The maximum Gasteiger partial charge on any atom is 0.339 e. The van der Waals surface area contributed by atoms with Crippen LogP contribution >= 0.6 is 15.9 Å². The number of halogens is 3. The lowest BCUT2D eigenvalue weighted by atomic mass is 10.1. The van der Waals surface area contributed by atoms with Crippen LogP contribution in [0.1, 0.15) is 22.5 Å². The molecule has 1 aromatic heterocycles. The summed E-state index contributed by atoms with van der Waals surface area (Å²) in [5.74, 6) is -1.52. The van der Waals surface area contributed by atoms with Gasteiger partial charge in [0.2, 0.25) is 0 Å². The van der Waals surface area contributed by atoms with Crippen LogP contribution in [0.25, 0.3) is 0 Å². The molecule has 0 radical (unpaired) electrons. The van der Waals surface area contributed by atoms with E-state index in [-0.39, 0.29) is 10.2 Å². The molecule has 0 amide bonds. The second-order valence-corrected chi connectivity index (χ2v) is 3.24. The number of aromatic nitrogens is 1. The Hall–Kier alpha value is -1.24. The van der Waals surface area contributed by atoms with Crippen molar-refractivity contribution in [3.05, 3.63) is 21.9 Å². The van der Waals surface area contributed by atoms with E-state index in [2.05, 4.69) is 20.9 Å². The highest BCUT2D eigenvalue weighted by Gasteiger charge is 2.23. The van der Waals surface area contributed by atoms with Gasteiger partial charge in [-0.15, -0.1) is 0 Å². The Morgan fingerprint density at radius 1 is 1.64 bits per heavy atom. The van der Waals surface area contributed by atoms with Crippen LogP contribution in [0.3, 0.4) is 0 Å². The molecule has 4 nitrogen and oxygen atoms in total. The Labute approximate surface area is 85.9 Å². The fraction of sp³-hybridized carbons (Fsp3) is 0.143. The first kappa shape index (κ1) is 10.8. The molecule has 0 saturated carbocycles. The molecule has 3 N–H and O–H groups in total. The fourth-order valence-corrected chi connectivity index (χ4v) is 1.21. The molecule has 14 heavy (non-hydrogen) atoms. The summed E-state index contributed by atoms with van der Waals surface area (Å²) in [6.07, 6.45) is -1.92. The lowest BCUT2D eigenvalue weighted by Crippen LogP contribution is -2.10. The van der Waals surface area contributed by atoms with Crippen molar-refractivity contribution in [2.75, 3.05) is 5.73 Å². The highest BCUT2D eigenvalue weighted by Crippen LogP contribution is 2.29. The summed E-state index contributed by atoms with van der Waals surface area (Å²) in [7, 11) is 0. The molecule has 0 spiro atoms. The van der Waals surface area contributed by atoms with Crippen molar-refractivity contribution in [3.8, 4) is 0 Å². The summed E-state index contributed by atoms with van der Waals surface area (Å²) in [5.41, 5.74) is 3.59. The molecule has 0 unspecified atom stereocenters. The predicted molar refractivity (Wildman–Crippen MR) is 48.3 cm³/mol. The summed E-state index contributed by atoms with van der Waals surface area (Å²) < 4.78 is 24.8. The van der Waals surface area contributed by atoms with Crippen molar-refractivity contribution in [2.24, 2.45) is 0 Å². The predicted octanol–water partition coefficient (Wildman–Crippen LogP) is 2.06. The molecule has 76 valence electrons. The first-order chi connectivity index (χ1) is 6.45. The standard InChI is InChI=1S/C7H5BrF2N2O2/c8-2-1-12-5(6(9)10)3(4(2)11)7(13)14/h1,6H,(H2,11,12)(H,13,14). The third-order valence-corrected chi connectivity index (χ3v) is 2.15. The Balaban J connectivity index is 3.45. The van der Waals surface area contributed by atoms with Gasteiger partial charge in [0.25, 0.3) is 6.43 Å². The third kappa shape index (κ3) is 1.82. The number of hydrogen-bond acceptors (Lipinski definition) is 3. The second kappa shape index (κ2) is 3.87. The van der Waals surface area contributed by atoms with E-state index >= 15 is 0 Å². The van der Waals surface area contributed by atoms with E-state index in [9.17, 15) is 13.6 Å². The minimum absolute atomic E-state index is 0.180. The van der Waals surface area contributed by atoms with E-state index in [4.69, 9.17) is 10.8 Å². The summed E-state index contributed by atoms with van der Waals surface area (Å²) in [4.78, 5) is 13.9. The number of anilines is 1. The molecule has 0 atom stereocenters. The Morgan fingerprint density at radius 2 is 2.21 bits per heavy atom. The Morgan fingerprint density at radius 3 is 2.64 bits per heavy atom. The van der Waals surface area contributed by atoms with Crippen LogP contribution < -0.4 is 5.73 Å². The topological polar surface area (TPSA) is 76.2 Å². The largest absolute Gasteiger partial charge is 0.478 e. The van der Waals surface area contributed by atoms with Crippen LogP contribution in [0.15, 0.2) is 10.7 Å². The van der Waals surface area contributed by atoms with Crippen molar-refractivity contribution in [1.29, 1.82) is 0 Å². The maximum absolute atomic E-state index is 12.3. The van der Waals surface area contributed by atoms with Gasteiger partial charge in [-0.25, -0.2) is 13.6 Å². The Kier molecular flexibility index (Phi) is 3.00. The number of hydrogen-bond donors (Lipinski definition) is 2. The molecule has 0 bridgehead atoms. The van der Waals surface area contributed by atoms with Gasteiger partial charge >= 0.3 is 5.97 Å². The molecular formula is C7H5BrF2N2O2. The van der Waals surface area contributed by atoms with Gasteiger partial charge in [0.1, 0.15) is 11.3 Å². The van der Waals surface area contributed by atoms with E-state index in [1.807, 2.05) is 0 Å². The Bertz CT molecular complexity index is 384. The first-order valence-electron chi connectivity index (χ1n) is 3.40. The minimum atomic E-state index is -2.96. The number of nitrogens with zero attached hydrogens (tertiary/aromatic N) is 1. The van der Waals surface area contributed by atoms with Crippen LogP contribution in [0.5, 0.6) is 0 Å². The van der Waals surface area contributed by atoms with Crippen molar-refractivity contribution in [3.63, 3.8) is 0 Å². The maximum atomic E-state index is 12.3. The van der Waals surface area contributed by atoms with Gasteiger partial charge in [0, 0.05) is 6.20 Å². The lowest BCUT2D eigenvalue weighted by Gasteiger charge is -2.07. The number of carboxylic acids is 1. The second-order valence-electron chi connectivity index (χ2n) is 2.39. The van der Waals surface area contributed by atoms with Crippen LogP contribution in [-0.4, -0.2) is 16.1 Å². The number of pyridine rings is 1. The zero-order chi connectivity index (χ0) is 10.9. The van der Waals surface area contributed by atoms with Crippen molar-refractivity contribution in [2.45, 2.75) is 6.43 Å². The third-order valence-electron chi connectivity index (χ3n) is 1.52. The lowest BCUT2D eigenvalue weighted by molar-refractivity contribution is 0.0683. The van der Waals surface area contributed by atoms with Crippen LogP contribution in [-0.2, 0) is 0 Å². The molecule has 1 aromatic rings. The van der Waals surface area contributed by atoms with Gasteiger partial charge in [-0.1, -0.05) is 0 Å². The van der Waals surface area contributed by atoms with Crippen LogP contribution in [0.4, 0.5) is 14.5 Å². The molecule has 7 heteroatoms. The molecule has 0 fully saturated rings. The SMILES string of the molecule is Nc1c(Br)cnc(C(F)F)c1C(=O)O.